The molecular formula is C12H16F3NO2. The first-order valence-electron chi connectivity index (χ1n) is 5.41. The summed E-state index contributed by atoms with van der Waals surface area (Å²) in [5.74, 6) is -0.236. The van der Waals surface area contributed by atoms with Gasteiger partial charge >= 0.3 is 6.18 Å². The molecule has 0 aromatic heterocycles. The van der Waals surface area contributed by atoms with Gasteiger partial charge < -0.3 is 15.2 Å². The van der Waals surface area contributed by atoms with Gasteiger partial charge in [-0.25, -0.2) is 0 Å². The third-order valence-corrected chi connectivity index (χ3v) is 2.69. The average molecular weight is 263 g/mol. The summed E-state index contributed by atoms with van der Waals surface area (Å²) in [4.78, 5) is 0. The van der Waals surface area contributed by atoms with Crippen molar-refractivity contribution in [2.75, 3.05) is 20.3 Å². The van der Waals surface area contributed by atoms with Crippen molar-refractivity contribution in [3.63, 3.8) is 0 Å². The lowest BCUT2D eigenvalue weighted by Crippen LogP contribution is -2.48. The van der Waals surface area contributed by atoms with Crippen LogP contribution in [0.25, 0.3) is 0 Å². The molecule has 0 heterocycles. The fourth-order valence-electron chi connectivity index (χ4n) is 1.26. The third kappa shape index (κ3) is 3.61. The highest BCUT2D eigenvalue weighted by atomic mass is 19.4. The summed E-state index contributed by atoms with van der Waals surface area (Å²) >= 11 is 0. The van der Waals surface area contributed by atoms with Crippen LogP contribution < -0.4 is 10.1 Å². The van der Waals surface area contributed by atoms with E-state index in [1.54, 1.807) is 14.0 Å². The molecule has 1 unspecified atom stereocenters. The monoisotopic (exact) mass is 263 g/mol. The van der Waals surface area contributed by atoms with E-state index in [1.165, 1.54) is 18.2 Å². The molecule has 1 rings (SSSR count). The molecule has 0 aliphatic rings. The van der Waals surface area contributed by atoms with Crippen molar-refractivity contribution in [2.24, 2.45) is 0 Å². The van der Waals surface area contributed by atoms with Crippen LogP contribution in [-0.4, -0.2) is 30.9 Å². The van der Waals surface area contributed by atoms with Crippen molar-refractivity contribution in [3.8, 4) is 5.75 Å². The van der Waals surface area contributed by atoms with Crippen LogP contribution in [0.15, 0.2) is 24.3 Å². The molecule has 0 radical (unpaired) electrons. The zero-order chi connectivity index (χ0) is 13.8. The number of likely N-dealkylation sites (N-methyl/N-ethyl adjacent to an activating group) is 1. The van der Waals surface area contributed by atoms with Crippen molar-refractivity contribution in [1.82, 2.24) is 5.32 Å². The molecular weight excluding hydrogens is 247 g/mol. The summed E-state index contributed by atoms with van der Waals surface area (Å²) in [6.45, 7) is 1.36. The number of para-hydroxylation sites is 1. The third-order valence-electron chi connectivity index (χ3n) is 2.69. The first-order chi connectivity index (χ1) is 8.32. The minimum Gasteiger partial charge on any atom is -0.491 e. The van der Waals surface area contributed by atoms with E-state index in [2.05, 4.69) is 5.32 Å². The quantitative estimate of drug-likeness (QED) is 0.854. The molecule has 1 atom stereocenters. The highest BCUT2D eigenvalue weighted by molar-refractivity contribution is 5.35. The summed E-state index contributed by atoms with van der Waals surface area (Å²) in [5.41, 5.74) is -1.60. The molecule has 0 fully saturated rings. The molecule has 0 aliphatic heterocycles. The lowest BCUT2D eigenvalue weighted by Gasteiger charge is -2.27. The first kappa shape index (κ1) is 14.8. The fraction of sp³-hybridized carbons (Fsp3) is 0.500. The Morgan fingerprint density at radius 2 is 1.89 bits per heavy atom. The summed E-state index contributed by atoms with van der Waals surface area (Å²) in [5, 5.41) is 11.9. The summed E-state index contributed by atoms with van der Waals surface area (Å²) in [6.07, 6.45) is -4.45. The van der Waals surface area contributed by atoms with Crippen molar-refractivity contribution in [3.05, 3.63) is 29.8 Å². The van der Waals surface area contributed by atoms with Gasteiger partial charge in [-0.15, -0.1) is 0 Å². The van der Waals surface area contributed by atoms with E-state index in [4.69, 9.17) is 9.84 Å². The SMILES string of the molecule is CNC(C)(CO)COc1ccccc1C(F)(F)F. The van der Waals surface area contributed by atoms with Crippen LogP contribution in [0.1, 0.15) is 12.5 Å². The molecule has 0 saturated heterocycles. The summed E-state index contributed by atoms with van der Waals surface area (Å²) in [6, 6.07) is 5.00. The van der Waals surface area contributed by atoms with Crippen molar-refractivity contribution >= 4 is 0 Å². The predicted octanol–water partition coefficient (Wildman–Crippen LogP) is 2.05. The van der Waals surface area contributed by atoms with E-state index in [1.807, 2.05) is 0 Å². The summed E-state index contributed by atoms with van der Waals surface area (Å²) < 4.78 is 43.2. The second-order valence-corrected chi connectivity index (χ2v) is 4.25. The Balaban J connectivity index is 2.86. The minimum atomic E-state index is -4.45. The maximum absolute atomic E-state index is 12.7. The molecule has 0 amide bonds. The standard InChI is InChI=1S/C12H16F3NO2/c1-11(7-17,16-2)8-18-10-6-4-3-5-9(10)12(13,14)15/h3-6,16-17H,7-8H2,1-2H3. The number of hydrogen-bond donors (Lipinski definition) is 2. The molecule has 0 saturated carbocycles. The second-order valence-electron chi connectivity index (χ2n) is 4.25. The van der Waals surface area contributed by atoms with Crippen LogP contribution in [-0.2, 0) is 6.18 Å². The fourth-order valence-corrected chi connectivity index (χ4v) is 1.26. The molecule has 1 aromatic rings. The van der Waals surface area contributed by atoms with Crippen molar-refractivity contribution in [2.45, 2.75) is 18.6 Å². The van der Waals surface area contributed by atoms with E-state index in [0.717, 1.165) is 6.07 Å². The van der Waals surface area contributed by atoms with Crippen LogP contribution in [0.3, 0.4) is 0 Å². The molecule has 0 aliphatic carbocycles. The van der Waals surface area contributed by atoms with Gasteiger partial charge in [0.15, 0.2) is 0 Å². The van der Waals surface area contributed by atoms with E-state index in [0.29, 0.717) is 0 Å². The largest absolute Gasteiger partial charge is 0.491 e. The number of benzene rings is 1. The maximum Gasteiger partial charge on any atom is 0.419 e. The smallest absolute Gasteiger partial charge is 0.419 e. The predicted molar refractivity (Wildman–Crippen MR) is 61.5 cm³/mol. The topological polar surface area (TPSA) is 41.5 Å². The van der Waals surface area contributed by atoms with Gasteiger partial charge in [0.1, 0.15) is 12.4 Å². The van der Waals surface area contributed by atoms with Crippen LogP contribution in [0.2, 0.25) is 0 Å². The van der Waals surface area contributed by atoms with Gasteiger partial charge in [-0.2, -0.15) is 13.2 Å². The Bertz CT molecular complexity index is 389. The van der Waals surface area contributed by atoms with E-state index < -0.39 is 17.3 Å². The Labute approximate surface area is 104 Å². The number of halogens is 3. The first-order valence-corrected chi connectivity index (χ1v) is 5.41. The van der Waals surface area contributed by atoms with Gasteiger partial charge in [-0.05, 0) is 26.1 Å². The Morgan fingerprint density at radius 1 is 1.28 bits per heavy atom. The second kappa shape index (κ2) is 5.58. The van der Waals surface area contributed by atoms with Gasteiger partial charge in [0.2, 0.25) is 0 Å². The van der Waals surface area contributed by atoms with Gasteiger partial charge in [0.05, 0.1) is 17.7 Å². The minimum absolute atomic E-state index is 0.0624. The van der Waals surface area contributed by atoms with Crippen LogP contribution >= 0.6 is 0 Å². The van der Waals surface area contributed by atoms with Gasteiger partial charge in [-0.1, -0.05) is 12.1 Å². The van der Waals surface area contributed by atoms with Crippen molar-refractivity contribution < 1.29 is 23.0 Å². The molecule has 18 heavy (non-hydrogen) atoms. The maximum atomic E-state index is 12.7. The molecule has 6 heteroatoms. The Morgan fingerprint density at radius 3 is 2.39 bits per heavy atom. The number of aliphatic hydroxyl groups is 1. The van der Waals surface area contributed by atoms with Crippen molar-refractivity contribution in [1.29, 1.82) is 0 Å². The van der Waals surface area contributed by atoms with Gasteiger partial charge in [0.25, 0.3) is 0 Å². The number of hydrogen-bond acceptors (Lipinski definition) is 3. The highest BCUT2D eigenvalue weighted by Gasteiger charge is 2.34. The van der Waals surface area contributed by atoms with Crippen LogP contribution in [0.4, 0.5) is 13.2 Å². The molecule has 1 aromatic carbocycles. The molecule has 3 nitrogen and oxygen atoms in total. The zero-order valence-electron chi connectivity index (χ0n) is 10.2. The Kier molecular flexibility index (Phi) is 4.59. The van der Waals surface area contributed by atoms with E-state index in [9.17, 15) is 13.2 Å². The molecule has 0 spiro atoms. The molecule has 0 bridgehead atoms. The summed E-state index contributed by atoms with van der Waals surface area (Å²) in [7, 11) is 1.61. The van der Waals surface area contributed by atoms with Gasteiger partial charge in [0, 0.05) is 0 Å². The average Bonchev–Trinajstić information content (AvgIpc) is 2.35. The highest BCUT2D eigenvalue weighted by Crippen LogP contribution is 2.36. The molecule has 2 N–H and O–H groups in total. The van der Waals surface area contributed by atoms with Crippen LogP contribution in [0.5, 0.6) is 5.75 Å². The van der Waals surface area contributed by atoms with Crippen LogP contribution in [0, 0.1) is 0 Å². The van der Waals surface area contributed by atoms with E-state index in [-0.39, 0.29) is 19.0 Å². The zero-order valence-corrected chi connectivity index (χ0v) is 10.2. The lowest BCUT2D eigenvalue weighted by molar-refractivity contribution is -0.139. The number of nitrogens with one attached hydrogen (secondary N) is 1. The number of aliphatic hydroxyl groups excluding tert-OH is 1. The normalized spacial score (nSPS) is 15.2. The lowest BCUT2D eigenvalue weighted by atomic mass is 10.1. The number of rotatable bonds is 5. The van der Waals surface area contributed by atoms with E-state index >= 15 is 0 Å². The van der Waals surface area contributed by atoms with Gasteiger partial charge in [-0.3, -0.25) is 0 Å². The Hall–Kier alpha value is -1.27. The number of ether oxygens (including phenoxy) is 1. The molecule has 102 valence electrons. The number of alkyl halides is 3.